The zero-order chi connectivity index (χ0) is 17.2. The van der Waals surface area contributed by atoms with E-state index in [-0.39, 0.29) is 19.1 Å². The van der Waals surface area contributed by atoms with Crippen LogP contribution in [0.4, 0.5) is 11.5 Å². The number of aromatic nitrogens is 1. The van der Waals surface area contributed by atoms with Crippen molar-refractivity contribution in [3.63, 3.8) is 0 Å². The number of benzene rings is 1. The number of pyridine rings is 1. The standard InChI is InChI=1S/C18H23N3O3/c1-2-14-4-7-16(8-5-14)24-13-18(23)21-15-6-9-17(20-12-15)19-10-3-11-22/h4-9,12,22H,2-3,10-11,13H2,1H3,(H,19,20)(H,21,23). The number of ether oxygens (including phenoxy) is 1. The average molecular weight is 329 g/mol. The van der Waals surface area contributed by atoms with E-state index in [1.165, 1.54) is 5.56 Å². The molecule has 0 aliphatic rings. The Kier molecular flexibility index (Phi) is 7.04. The van der Waals surface area contributed by atoms with Crippen molar-refractivity contribution < 1.29 is 14.6 Å². The number of hydrogen-bond acceptors (Lipinski definition) is 5. The van der Waals surface area contributed by atoms with Crippen LogP contribution in [0.3, 0.4) is 0 Å². The minimum atomic E-state index is -0.239. The van der Waals surface area contributed by atoms with Crippen LogP contribution < -0.4 is 15.4 Å². The molecular weight excluding hydrogens is 306 g/mol. The molecule has 1 aromatic heterocycles. The Morgan fingerprint density at radius 1 is 1.21 bits per heavy atom. The molecule has 2 aromatic rings. The fourth-order valence-corrected chi connectivity index (χ4v) is 2.04. The van der Waals surface area contributed by atoms with Gasteiger partial charge in [0.05, 0.1) is 11.9 Å². The average Bonchev–Trinajstić information content (AvgIpc) is 2.62. The van der Waals surface area contributed by atoms with Crippen molar-refractivity contribution in [1.82, 2.24) is 4.98 Å². The second kappa shape index (κ2) is 9.52. The first-order chi connectivity index (χ1) is 11.7. The van der Waals surface area contributed by atoms with Crippen LogP contribution in [0.25, 0.3) is 0 Å². The Bertz CT molecular complexity index is 627. The fourth-order valence-electron chi connectivity index (χ4n) is 2.04. The number of nitrogens with zero attached hydrogens (tertiary/aromatic N) is 1. The number of aliphatic hydroxyl groups is 1. The largest absolute Gasteiger partial charge is 0.484 e. The molecular formula is C18H23N3O3. The summed E-state index contributed by atoms with van der Waals surface area (Å²) >= 11 is 0. The zero-order valence-corrected chi connectivity index (χ0v) is 13.8. The van der Waals surface area contributed by atoms with E-state index in [0.717, 1.165) is 6.42 Å². The molecule has 0 aliphatic carbocycles. The summed E-state index contributed by atoms with van der Waals surface area (Å²) in [7, 11) is 0. The van der Waals surface area contributed by atoms with Gasteiger partial charge in [-0.15, -0.1) is 0 Å². The predicted molar refractivity (Wildman–Crippen MR) is 94.4 cm³/mol. The molecule has 0 unspecified atom stereocenters. The van der Waals surface area contributed by atoms with Gasteiger partial charge in [0.15, 0.2) is 6.61 Å². The quantitative estimate of drug-likeness (QED) is 0.616. The first kappa shape index (κ1) is 17.7. The summed E-state index contributed by atoms with van der Waals surface area (Å²) in [5, 5.41) is 14.5. The van der Waals surface area contributed by atoms with Crippen molar-refractivity contribution >= 4 is 17.4 Å². The number of hydrogen-bond donors (Lipinski definition) is 3. The van der Waals surface area contributed by atoms with Gasteiger partial charge in [-0.25, -0.2) is 4.98 Å². The molecule has 1 heterocycles. The maximum absolute atomic E-state index is 11.9. The fraction of sp³-hybridized carbons (Fsp3) is 0.333. The van der Waals surface area contributed by atoms with Gasteiger partial charge in [0.1, 0.15) is 11.6 Å². The molecule has 0 radical (unpaired) electrons. The molecule has 0 aliphatic heterocycles. The lowest BCUT2D eigenvalue weighted by molar-refractivity contribution is -0.118. The van der Waals surface area contributed by atoms with Crippen molar-refractivity contribution in [3.05, 3.63) is 48.2 Å². The smallest absolute Gasteiger partial charge is 0.262 e. The summed E-state index contributed by atoms with van der Waals surface area (Å²) in [6.07, 6.45) is 3.21. The normalized spacial score (nSPS) is 10.2. The minimum absolute atomic E-state index is 0.0536. The molecule has 0 saturated carbocycles. The van der Waals surface area contributed by atoms with Crippen molar-refractivity contribution in [2.45, 2.75) is 19.8 Å². The molecule has 1 aromatic carbocycles. The second-order valence-electron chi connectivity index (χ2n) is 5.27. The molecule has 0 spiro atoms. The van der Waals surface area contributed by atoms with Gasteiger partial charge in [-0.3, -0.25) is 4.79 Å². The molecule has 128 valence electrons. The summed E-state index contributed by atoms with van der Waals surface area (Å²) < 4.78 is 5.46. The van der Waals surface area contributed by atoms with Crippen LogP contribution in [0.1, 0.15) is 18.9 Å². The number of rotatable bonds is 9. The molecule has 24 heavy (non-hydrogen) atoms. The molecule has 1 amide bonds. The van der Waals surface area contributed by atoms with Gasteiger partial charge in [-0.05, 0) is 42.7 Å². The van der Waals surface area contributed by atoms with E-state index in [4.69, 9.17) is 9.84 Å². The molecule has 0 atom stereocenters. The number of carbonyl (C=O) groups excluding carboxylic acids is 1. The third-order valence-corrected chi connectivity index (χ3v) is 3.39. The monoisotopic (exact) mass is 329 g/mol. The van der Waals surface area contributed by atoms with Crippen LogP contribution in [0, 0.1) is 0 Å². The molecule has 6 heteroatoms. The van der Waals surface area contributed by atoms with E-state index in [0.29, 0.717) is 30.2 Å². The predicted octanol–water partition coefficient (Wildman–Crippen LogP) is 2.46. The lowest BCUT2D eigenvalue weighted by atomic mass is 10.2. The molecule has 0 bridgehead atoms. The van der Waals surface area contributed by atoms with Crippen molar-refractivity contribution in [2.75, 3.05) is 30.4 Å². The van der Waals surface area contributed by atoms with Crippen molar-refractivity contribution in [1.29, 1.82) is 0 Å². The van der Waals surface area contributed by atoms with E-state index < -0.39 is 0 Å². The topological polar surface area (TPSA) is 83.5 Å². The molecule has 6 nitrogen and oxygen atoms in total. The van der Waals surface area contributed by atoms with Crippen LogP contribution in [0.15, 0.2) is 42.6 Å². The third-order valence-electron chi connectivity index (χ3n) is 3.39. The van der Waals surface area contributed by atoms with E-state index in [9.17, 15) is 4.79 Å². The minimum Gasteiger partial charge on any atom is -0.484 e. The Morgan fingerprint density at radius 2 is 2.00 bits per heavy atom. The van der Waals surface area contributed by atoms with Gasteiger partial charge < -0.3 is 20.5 Å². The van der Waals surface area contributed by atoms with Crippen molar-refractivity contribution in [3.8, 4) is 5.75 Å². The highest BCUT2D eigenvalue weighted by Crippen LogP contribution is 2.13. The summed E-state index contributed by atoms with van der Waals surface area (Å²) in [5.74, 6) is 1.13. The summed E-state index contributed by atoms with van der Waals surface area (Å²) in [5.41, 5.74) is 1.84. The highest BCUT2D eigenvalue weighted by molar-refractivity contribution is 5.91. The zero-order valence-electron chi connectivity index (χ0n) is 13.8. The number of amides is 1. The lowest BCUT2D eigenvalue weighted by Crippen LogP contribution is -2.20. The number of aliphatic hydroxyl groups excluding tert-OH is 1. The second-order valence-corrected chi connectivity index (χ2v) is 5.27. The van der Waals surface area contributed by atoms with Gasteiger partial charge >= 0.3 is 0 Å². The van der Waals surface area contributed by atoms with Gasteiger partial charge in [0.25, 0.3) is 5.91 Å². The number of nitrogens with one attached hydrogen (secondary N) is 2. The van der Waals surface area contributed by atoms with E-state index in [2.05, 4.69) is 22.5 Å². The Hall–Kier alpha value is -2.60. The maximum atomic E-state index is 11.9. The Morgan fingerprint density at radius 3 is 2.62 bits per heavy atom. The summed E-state index contributed by atoms with van der Waals surface area (Å²) in [6.45, 7) is 2.83. The third kappa shape index (κ3) is 5.89. The summed E-state index contributed by atoms with van der Waals surface area (Å²) in [6, 6.07) is 11.2. The molecule has 3 N–H and O–H groups in total. The highest BCUT2D eigenvalue weighted by atomic mass is 16.5. The van der Waals surface area contributed by atoms with Gasteiger partial charge in [-0.2, -0.15) is 0 Å². The van der Waals surface area contributed by atoms with E-state index in [1.54, 1.807) is 18.3 Å². The number of aryl methyl sites for hydroxylation is 1. The van der Waals surface area contributed by atoms with E-state index >= 15 is 0 Å². The van der Waals surface area contributed by atoms with E-state index in [1.807, 2.05) is 24.3 Å². The van der Waals surface area contributed by atoms with Crippen LogP contribution in [-0.4, -0.2) is 35.8 Å². The first-order valence-corrected chi connectivity index (χ1v) is 8.03. The number of anilines is 2. The van der Waals surface area contributed by atoms with Gasteiger partial charge in [-0.1, -0.05) is 19.1 Å². The van der Waals surface area contributed by atoms with Gasteiger partial charge in [0.2, 0.25) is 0 Å². The Balaban J connectivity index is 1.76. The lowest BCUT2D eigenvalue weighted by Gasteiger charge is -2.09. The first-order valence-electron chi connectivity index (χ1n) is 8.03. The van der Waals surface area contributed by atoms with Crippen LogP contribution in [-0.2, 0) is 11.2 Å². The van der Waals surface area contributed by atoms with Gasteiger partial charge in [0, 0.05) is 13.2 Å². The van der Waals surface area contributed by atoms with Crippen LogP contribution >= 0.6 is 0 Å². The molecule has 0 fully saturated rings. The Labute approximate surface area is 141 Å². The number of carbonyl (C=O) groups is 1. The highest BCUT2D eigenvalue weighted by Gasteiger charge is 2.04. The van der Waals surface area contributed by atoms with Crippen molar-refractivity contribution in [2.24, 2.45) is 0 Å². The molecule has 2 rings (SSSR count). The molecule has 0 saturated heterocycles. The maximum Gasteiger partial charge on any atom is 0.262 e. The van der Waals surface area contributed by atoms with Crippen LogP contribution in [0.2, 0.25) is 0 Å². The van der Waals surface area contributed by atoms with Crippen LogP contribution in [0.5, 0.6) is 5.75 Å². The SMILES string of the molecule is CCc1ccc(OCC(=O)Nc2ccc(NCCCO)nc2)cc1. The summed E-state index contributed by atoms with van der Waals surface area (Å²) in [4.78, 5) is 16.1.